The lowest BCUT2D eigenvalue weighted by atomic mass is 10.3. The zero-order valence-corrected chi connectivity index (χ0v) is 10.8. The van der Waals surface area contributed by atoms with Gasteiger partial charge in [-0.3, -0.25) is 4.98 Å². The third-order valence-electron chi connectivity index (χ3n) is 2.58. The Hall–Kier alpha value is -1.88. The van der Waals surface area contributed by atoms with Gasteiger partial charge in [0.1, 0.15) is 0 Å². The number of imidazole rings is 1. The number of methoxy groups -OCH3 is 1. The van der Waals surface area contributed by atoms with E-state index in [9.17, 15) is 0 Å². The van der Waals surface area contributed by atoms with Crippen molar-refractivity contribution in [3.05, 3.63) is 42.0 Å². The van der Waals surface area contributed by atoms with Crippen LogP contribution in [0.4, 0.5) is 5.95 Å². The summed E-state index contributed by atoms with van der Waals surface area (Å²) in [6.45, 7) is 4.12. The molecule has 0 aliphatic carbocycles. The van der Waals surface area contributed by atoms with Crippen molar-refractivity contribution in [2.24, 2.45) is 0 Å². The number of rotatable bonds is 6. The fourth-order valence-electron chi connectivity index (χ4n) is 1.73. The Labute approximate surface area is 107 Å². The minimum Gasteiger partial charge on any atom is -0.383 e. The van der Waals surface area contributed by atoms with E-state index in [-0.39, 0.29) is 0 Å². The predicted octanol–water partition coefficient (Wildman–Crippen LogP) is 1.69. The third kappa shape index (κ3) is 3.30. The second-order valence-electron chi connectivity index (χ2n) is 4.07. The molecule has 0 spiro atoms. The zero-order chi connectivity index (χ0) is 12.8. The number of ether oxygens (including phenoxy) is 1. The largest absolute Gasteiger partial charge is 0.383 e. The number of hydrogen-bond donors (Lipinski definition) is 1. The van der Waals surface area contributed by atoms with E-state index in [0.717, 1.165) is 30.4 Å². The number of nitrogens with zero attached hydrogens (tertiary/aromatic N) is 3. The molecule has 2 aromatic heterocycles. The molecule has 0 radical (unpaired) electrons. The summed E-state index contributed by atoms with van der Waals surface area (Å²) in [7, 11) is 1.69. The van der Waals surface area contributed by atoms with E-state index >= 15 is 0 Å². The molecular formula is C13H18N4O. The number of nitrogens with one attached hydrogen (secondary N) is 1. The molecule has 2 rings (SSSR count). The van der Waals surface area contributed by atoms with Gasteiger partial charge in [0.15, 0.2) is 0 Å². The van der Waals surface area contributed by atoms with Crippen LogP contribution < -0.4 is 5.32 Å². The Morgan fingerprint density at radius 2 is 2.28 bits per heavy atom. The Morgan fingerprint density at radius 3 is 3.06 bits per heavy atom. The fraction of sp³-hybridized carbons (Fsp3) is 0.385. The molecule has 0 saturated carbocycles. The van der Waals surface area contributed by atoms with Gasteiger partial charge in [0.2, 0.25) is 5.95 Å². The van der Waals surface area contributed by atoms with Crippen molar-refractivity contribution >= 4 is 5.95 Å². The summed E-state index contributed by atoms with van der Waals surface area (Å²) >= 11 is 0. The van der Waals surface area contributed by atoms with Gasteiger partial charge in [0.05, 0.1) is 18.8 Å². The molecule has 0 aliphatic heterocycles. The molecule has 2 aromatic rings. The van der Waals surface area contributed by atoms with Crippen LogP contribution in [0.25, 0.3) is 0 Å². The minimum atomic E-state index is 0.662. The third-order valence-corrected chi connectivity index (χ3v) is 2.58. The van der Waals surface area contributed by atoms with Crippen LogP contribution in [0.3, 0.4) is 0 Å². The predicted molar refractivity (Wildman–Crippen MR) is 70.7 cm³/mol. The van der Waals surface area contributed by atoms with Gasteiger partial charge in [-0.2, -0.15) is 0 Å². The highest BCUT2D eigenvalue weighted by Crippen LogP contribution is 2.08. The van der Waals surface area contributed by atoms with Gasteiger partial charge in [-0.15, -0.1) is 0 Å². The molecule has 2 heterocycles. The molecule has 0 aliphatic rings. The molecule has 0 unspecified atom stereocenters. The molecule has 0 fully saturated rings. The van der Waals surface area contributed by atoms with Crippen LogP contribution in [0.5, 0.6) is 0 Å². The molecule has 1 N–H and O–H groups in total. The molecule has 0 amide bonds. The van der Waals surface area contributed by atoms with Crippen molar-refractivity contribution < 1.29 is 4.74 Å². The first-order valence-electron chi connectivity index (χ1n) is 5.96. The van der Waals surface area contributed by atoms with Crippen molar-refractivity contribution in [2.45, 2.75) is 13.5 Å². The first-order valence-corrected chi connectivity index (χ1v) is 5.96. The maximum absolute atomic E-state index is 5.00. The highest BCUT2D eigenvalue weighted by Gasteiger charge is 2.03. The lowest BCUT2D eigenvalue weighted by Gasteiger charge is -2.09. The second-order valence-corrected chi connectivity index (χ2v) is 4.07. The summed E-state index contributed by atoms with van der Waals surface area (Å²) in [5.74, 6) is 0.843. The summed E-state index contributed by atoms with van der Waals surface area (Å²) in [6, 6.07) is 6.04. The van der Waals surface area contributed by atoms with E-state index in [1.807, 2.05) is 35.9 Å². The average molecular weight is 246 g/mol. The van der Waals surface area contributed by atoms with Crippen molar-refractivity contribution in [1.29, 1.82) is 0 Å². The highest BCUT2D eigenvalue weighted by molar-refractivity contribution is 5.27. The van der Waals surface area contributed by atoms with Gasteiger partial charge in [-0.1, -0.05) is 6.07 Å². The van der Waals surface area contributed by atoms with Gasteiger partial charge < -0.3 is 14.6 Å². The van der Waals surface area contributed by atoms with Crippen LogP contribution in [0.15, 0.2) is 30.6 Å². The summed E-state index contributed by atoms with van der Waals surface area (Å²) < 4.78 is 7.04. The molecule has 0 bridgehead atoms. The first-order chi connectivity index (χ1) is 8.79. The van der Waals surface area contributed by atoms with Gasteiger partial charge in [-0.25, -0.2) is 4.98 Å². The SMILES string of the molecule is COCCNc1nccn1Cc1cccc(C)n1. The summed E-state index contributed by atoms with van der Waals surface area (Å²) in [6.07, 6.45) is 3.73. The van der Waals surface area contributed by atoms with Gasteiger partial charge in [0, 0.05) is 31.7 Å². The van der Waals surface area contributed by atoms with E-state index in [1.165, 1.54) is 0 Å². The molecule has 0 atom stereocenters. The monoisotopic (exact) mass is 246 g/mol. The molecule has 0 aromatic carbocycles. The van der Waals surface area contributed by atoms with E-state index in [1.54, 1.807) is 13.3 Å². The second kappa shape index (κ2) is 6.16. The average Bonchev–Trinajstić information content (AvgIpc) is 2.77. The molecule has 0 saturated heterocycles. The standard InChI is InChI=1S/C13H18N4O/c1-11-4-3-5-12(16-11)10-17-8-6-14-13(17)15-7-9-18-2/h3-6,8H,7,9-10H2,1-2H3,(H,14,15). The summed E-state index contributed by atoms with van der Waals surface area (Å²) in [5, 5.41) is 3.23. The number of aromatic nitrogens is 3. The van der Waals surface area contributed by atoms with Crippen LogP contribution in [-0.2, 0) is 11.3 Å². The first kappa shape index (κ1) is 12.6. The topological polar surface area (TPSA) is 52.0 Å². The van der Waals surface area contributed by atoms with E-state index in [0.29, 0.717) is 6.61 Å². The van der Waals surface area contributed by atoms with Crippen LogP contribution >= 0.6 is 0 Å². The van der Waals surface area contributed by atoms with Gasteiger partial charge in [-0.05, 0) is 19.1 Å². The summed E-state index contributed by atoms with van der Waals surface area (Å²) in [5.41, 5.74) is 2.06. The molecule has 5 heteroatoms. The van der Waals surface area contributed by atoms with Gasteiger partial charge in [0.25, 0.3) is 0 Å². The number of anilines is 1. The Bertz CT molecular complexity index is 495. The maximum Gasteiger partial charge on any atom is 0.203 e. The van der Waals surface area contributed by atoms with E-state index in [4.69, 9.17) is 4.74 Å². The van der Waals surface area contributed by atoms with Crippen LogP contribution in [0.1, 0.15) is 11.4 Å². The number of pyridine rings is 1. The number of hydrogen-bond acceptors (Lipinski definition) is 4. The zero-order valence-electron chi connectivity index (χ0n) is 10.8. The van der Waals surface area contributed by atoms with Gasteiger partial charge >= 0.3 is 0 Å². The summed E-state index contributed by atoms with van der Waals surface area (Å²) in [4.78, 5) is 8.76. The molecule has 18 heavy (non-hydrogen) atoms. The van der Waals surface area contributed by atoms with Crippen molar-refractivity contribution in [3.8, 4) is 0 Å². The van der Waals surface area contributed by atoms with Crippen LogP contribution in [0.2, 0.25) is 0 Å². The molecule has 96 valence electrons. The molecule has 5 nitrogen and oxygen atoms in total. The van der Waals surface area contributed by atoms with E-state index in [2.05, 4.69) is 15.3 Å². The quantitative estimate of drug-likeness (QED) is 0.788. The highest BCUT2D eigenvalue weighted by atomic mass is 16.5. The van der Waals surface area contributed by atoms with Crippen LogP contribution in [0, 0.1) is 6.92 Å². The van der Waals surface area contributed by atoms with Crippen LogP contribution in [-0.4, -0.2) is 34.8 Å². The lowest BCUT2D eigenvalue weighted by molar-refractivity contribution is 0.210. The Kier molecular flexibility index (Phi) is 4.30. The Balaban J connectivity index is 2.03. The van der Waals surface area contributed by atoms with Crippen molar-refractivity contribution in [3.63, 3.8) is 0 Å². The minimum absolute atomic E-state index is 0.662. The number of aryl methyl sites for hydroxylation is 1. The van der Waals surface area contributed by atoms with E-state index < -0.39 is 0 Å². The molecular weight excluding hydrogens is 228 g/mol. The normalized spacial score (nSPS) is 10.6. The van der Waals surface area contributed by atoms with Crippen molar-refractivity contribution in [1.82, 2.24) is 14.5 Å². The van der Waals surface area contributed by atoms with Crippen molar-refractivity contribution in [2.75, 3.05) is 25.6 Å². The maximum atomic E-state index is 5.00. The Morgan fingerprint density at radius 1 is 1.39 bits per heavy atom. The lowest BCUT2D eigenvalue weighted by Crippen LogP contribution is -2.13. The smallest absolute Gasteiger partial charge is 0.203 e. The fourth-order valence-corrected chi connectivity index (χ4v) is 1.73.